The van der Waals surface area contributed by atoms with E-state index in [1.807, 2.05) is 6.21 Å². The topological polar surface area (TPSA) is 51.0 Å². The summed E-state index contributed by atoms with van der Waals surface area (Å²) in [6.45, 7) is 7.79. The van der Waals surface area contributed by atoms with Crippen LogP contribution in [0.2, 0.25) is 0 Å². The molecular weight excluding hydrogens is 326 g/mol. The first-order chi connectivity index (χ1) is 12.5. The highest BCUT2D eigenvalue weighted by Gasteiger charge is 2.64. The molecule has 0 aromatic heterocycles. The van der Waals surface area contributed by atoms with Gasteiger partial charge in [0.15, 0.2) is 6.10 Å². The molecule has 10 atom stereocenters. The molecule has 146 valence electrons. The van der Waals surface area contributed by atoms with Crippen molar-refractivity contribution in [2.45, 2.75) is 84.0 Å². The second-order valence-electron chi connectivity index (χ2n) is 10.3. The number of rotatable bonds is 2. The average molecular weight is 362 g/mol. The Morgan fingerprint density at radius 2 is 1.85 bits per heavy atom. The van der Waals surface area contributed by atoms with E-state index in [1.54, 1.807) is 0 Å². The van der Waals surface area contributed by atoms with E-state index in [9.17, 15) is 5.11 Å². The molecule has 26 heavy (non-hydrogen) atoms. The minimum atomic E-state index is -0.0822. The van der Waals surface area contributed by atoms with Crippen LogP contribution in [-0.4, -0.2) is 36.2 Å². The van der Waals surface area contributed by atoms with E-state index in [-0.39, 0.29) is 23.7 Å². The third-order valence-electron chi connectivity index (χ3n) is 9.50. The SMILES string of the molecule is CCO[C@@H]1C2ON=CC2C[C@]2(C)C3CC[C@@]4(C)C(CC[C@@H]4O)C3CCC12. The Morgan fingerprint density at radius 3 is 2.65 bits per heavy atom. The molecule has 1 aliphatic heterocycles. The van der Waals surface area contributed by atoms with Gasteiger partial charge in [-0.15, -0.1) is 0 Å². The monoisotopic (exact) mass is 361 g/mol. The van der Waals surface area contributed by atoms with Crippen LogP contribution >= 0.6 is 0 Å². The summed E-state index contributed by atoms with van der Waals surface area (Å²) < 4.78 is 6.29. The summed E-state index contributed by atoms with van der Waals surface area (Å²) in [6.07, 6.45) is 10.7. The molecule has 0 amide bonds. The first kappa shape index (κ1) is 17.5. The van der Waals surface area contributed by atoms with Gasteiger partial charge in [-0.2, -0.15) is 0 Å². The Hall–Kier alpha value is -0.610. The van der Waals surface area contributed by atoms with Crippen LogP contribution in [-0.2, 0) is 9.57 Å². The van der Waals surface area contributed by atoms with E-state index in [2.05, 4.69) is 25.9 Å². The van der Waals surface area contributed by atoms with E-state index < -0.39 is 0 Å². The number of oxime groups is 1. The summed E-state index contributed by atoms with van der Waals surface area (Å²) in [5.74, 6) is 3.26. The first-order valence-corrected chi connectivity index (χ1v) is 11.0. The Morgan fingerprint density at radius 1 is 1.08 bits per heavy atom. The quantitative estimate of drug-likeness (QED) is 0.808. The summed E-state index contributed by atoms with van der Waals surface area (Å²) in [5.41, 5.74) is 0.483. The number of fused-ring (bicyclic) bond motifs is 6. The van der Waals surface area contributed by atoms with Crippen LogP contribution in [0.3, 0.4) is 0 Å². The second kappa shape index (κ2) is 5.94. The van der Waals surface area contributed by atoms with Crippen LogP contribution in [0.25, 0.3) is 0 Å². The summed E-state index contributed by atoms with van der Waals surface area (Å²) in [5, 5.41) is 14.8. The fourth-order valence-electron chi connectivity index (χ4n) is 8.26. The lowest BCUT2D eigenvalue weighted by Crippen LogP contribution is -2.61. The number of nitrogens with zero attached hydrogens (tertiary/aromatic N) is 1. The van der Waals surface area contributed by atoms with Crippen molar-refractivity contribution in [2.24, 2.45) is 45.6 Å². The largest absolute Gasteiger partial charge is 0.393 e. The van der Waals surface area contributed by atoms with Crippen molar-refractivity contribution < 1.29 is 14.7 Å². The predicted octanol–water partition coefficient (Wildman–Crippen LogP) is 4.02. The maximum atomic E-state index is 10.7. The molecule has 0 radical (unpaired) electrons. The van der Waals surface area contributed by atoms with Crippen LogP contribution in [0.4, 0.5) is 0 Å². The van der Waals surface area contributed by atoms with Gasteiger partial charge >= 0.3 is 0 Å². The average Bonchev–Trinajstić information content (AvgIpc) is 3.19. The molecule has 0 spiro atoms. The minimum Gasteiger partial charge on any atom is -0.393 e. The standard InChI is InChI=1S/C22H35NO3/c1-4-25-20-17-6-5-14-15-7-8-18(24)21(15,2)10-9-16(14)22(17,3)11-13-12-23-26-19(13)20/h12-20,24H,4-11H2,1-3H3/t13?,14?,15?,16?,17?,18-,19?,20-,21-,22+/m0/s1. The lowest BCUT2D eigenvalue weighted by molar-refractivity contribution is -0.203. The van der Waals surface area contributed by atoms with Crippen molar-refractivity contribution in [1.29, 1.82) is 0 Å². The van der Waals surface area contributed by atoms with Gasteiger partial charge in [-0.3, -0.25) is 0 Å². The number of hydrogen-bond donors (Lipinski definition) is 1. The molecule has 0 saturated heterocycles. The third-order valence-corrected chi connectivity index (χ3v) is 9.50. The van der Waals surface area contributed by atoms with E-state index >= 15 is 0 Å². The first-order valence-electron chi connectivity index (χ1n) is 11.0. The highest BCUT2D eigenvalue weighted by molar-refractivity contribution is 5.63. The van der Waals surface area contributed by atoms with Crippen molar-refractivity contribution in [3.63, 3.8) is 0 Å². The number of ether oxygens (including phenoxy) is 1. The van der Waals surface area contributed by atoms with Crippen LogP contribution in [0.15, 0.2) is 5.16 Å². The van der Waals surface area contributed by atoms with Gasteiger partial charge in [-0.05, 0) is 86.4 Å². The molecule has 4 aliphatic carbocycles. The summed E-state index contributed by atoms with van der Waals surface area (Å²) in [7, 11) is 0. The lowest BCUT2D eigenvalue weighted by atomic mass is 9.43. The molecule has 1 N–H and O–H groups in total. The Bertz CT molecular complexity index is 594. The summed E-state index contributed by atoms with van der Waals surface area (Å²) >= 11 is 0. The molecule has 5 aliphatic rings. The van der Waals surface area contributed by atoms with Gasteiger partial charge < -0.3 is 14.7 Å². The molecule has 5 rings (SSSR count). The molecule has 0 aromatic carbocycles. The van der Waals surface area contributed by atoms with Crippen molar-refractivity contribution in [1.82, 2.24) is 0 Å². The zero-order valence-corrected chi connectivity index (χ0v) is 16.6. The molecular formula is C22H35NO3. The zero-order valence-electron chi connectivity index (χ0n) is 16.6. The van der Waals surface area contributed by atoms with Gasteiger partial charge in [0.1, 0.15) is 6.10 Å². The van der Waals surface area contributed by atoms with Crippen LogP contribution in [0.5, 0.6) is 0 Å². The normalized spacial score (nSPS) is 57.7. The highest BCUT2D eigenvalue weighted by Crippen LogP contribution is 2.67. The number of hydrogen-bond acceptors (Lipinski definition) is 4. The zero-order chi connectivity index (χ0) is 18.1. The van der Waals surface area contributed by atoms with Gasteiger partial charge in [0.25, 0.3) is 0 Å². The molecule has 4 heteroatoms. The Balaban J connectivity index is 1.48. The van der Waals surface area contributed by atoms with E-state index in [1.165, 1.54) is 38.5 Å². The smallest absolute Gasteiger partial charge is 0.161 e. The lowest BCUT2D eigenvalue weighted by Gasteiger charge is -2.62. The Labute approximate surface area is 157 Å². The van der Waals surface area contributed by atoms with Crippen LogP contribution < -0.4 is 0 Å². The van der Waals surface area contributed by atoms with Crippen molar-refractivity contribution in [2.75, 3.05) is 6.61 Å². The molecule has 1 heterocycles. The maximum Gasteiger partial charge on any atom is 0.161 e. The van der Waals surface area contributed by atoms with E-state index in [0.29, 0.717) is 23.2 Å². The van der Waals surface area contributed by atoms with Crippen molar-refractivity contribution in [3.8, 4) is 0 Å². The Kier molecular flexibility index (Phi) is 4.00. The molecule has 4 nitrogen and oxygen atoms in total. The summed E-state index contributed by atoms with van der Waals surface area (Å²) in [6, 6.07) is 0. The molecule has 4 saturated carbocycles. The number of aliphatic hydroxyl groups excluding tert-OH is 1. The van der Waals surface area contributed by atoms with Crippen LogP contribution in [0, 0.1) is 40.4 Å². The fourth-order valence-corrected chi connectivity index (χ4v) is 8.26. The van der Waals surface area contributed by atoms with Gasteiger partial charge in [0, 0.05) is 12.5 Å². The molecule has 0 aromatic rings. The van der Waals surface area contributed by atoms with Crippen molar-refractivity contribution >= 4 is 6.21 Å². The maximum absolute atomic E-state index is 10.7. The van der Waals surface area contributed by atoms with Crippen LogP contribution in [0.1, 0.15) is 65.7 Å². The van der Waals surface area contributed by atoms with Gasteiger partial charge in [0.2, 0.25) is 0 Å². The van der Waals surface area contributed by atoms with Crippen molar-refractivity contribution in [3.05, 3.63) is 0 Å². The minimum absolute atomic E-state index is 0.0822. The summed E-state index contributed by atoms with van der Waals surface area (Å²) in [4.78, 5) is 5.76. The van der Waals surface area contributed by atoms with E-state index in [0.717, 1.165) is 24.9 Å². The molecule has 4 fully saturated rings. The highest BCUT2D eigenvalue weighted by atomic mass is 16.7. The predicted molar refractivity (Wildman–Crippen MR) is 101 cm³/mol. The number of aliphatic hydroxyl groups is 1. The molecule has 6 unspecified atom stereocenters. The third kappa shape index (κ3) is 2.18. The van der Waals surface area contributed by atoms with Gasteiger partial charge in [-0.1, -0.05) is 19.0 Å². The van der Waals surface area contributed by atoms with E-state index in [4.69, 9.17) is 9.57 Å². The van der Waals surface area contributed by atoms with Gasteiger partial charge in [0.05, 0.1) is 12.3 Å². The molecule has 0 bridgehead atoms. The fraction of sp³-hybridized carbons (Fsp3) is 0.955. The second-order valence-corrected chi connectivity index (χ2v) is 10.3. The van der Waals surface area contributed by atoms with Gasteiger partial charge in [-0.25, -0.2) is 0 Å².